The molecule has 0 heterocycles. The summed E-state index contributed by atoms with van der Waals surface area (Å²) in [6.45, 7) is 3.55. The molecule has 0 saturated heterocycles. The van der Waals surface area contributed by atoms with Gasteiger partial charge in [0.25, 0.3) is 0 Å². The van der Waals surface area contributed by atoms with Crippen molar-refractivity contribution in [3.05, 3.63) is 34.9 Å². The van der Waals surface area contributed by atoms with Gasteiger partial charge in [0.1, 0.15) is 0 Å². The van der Waals surface area contributed by atoms with Crippen LogP contribution in [0.25, 0.3) is 0 Å². The molecule has 0 fully saturated rings. The Morgan fingerprint density at radius 1 is 1.25 bits per heavy atom. The number of aryl methyl sites for hydroxylation is 2. The van der Waals surface area contributed by atoms with Crippen LogP contribution in [-0.4, -0.2) is 30.0 Å². The van der Waals surface area contributed by atoms with Crippen LogP contribution in [0.4, 0.5) is 0 Å². The summed E-state index contributed by atoms with van der Waals surface area (Å²) in [4.78, 5) is 33.3. The SMILES string of the molecule is Cc1ccc(C(=O)CN(C=O)C=O)c(C)c1. The lowest BCUT2D eigenvalue weighted by atomic mass is 10.0. The van der Waals surface area contributed by atoms with Crippen molar-refractivity contribution in [1.29, 1.82) is 0 Å². The predicted octanol–water partition coefficient (Wildman–Crippen LogP) is 1.10. The Morgan fingerprint density at radius 3 is 2.38 bits per heavy atom. The molecule has 1 aromatic carbocycles. The van der Waals surface area contributed by atoms with Gasteiger partial charge in [-0.2, -0.15) is 0 Å². The number of amides is 2. The summed E-state index contributed by atoms with van der Waals surface area (Å²) in [7, 11) is 0. The first kappa shape index (κ1) is 12.1. The van der Waals surface area contributed by atoms with Crippen molar-refractivity contribution >= 4 is 18.6 Å². The average Bonchev–Trinajstić information content (AvgIpc) is 2.25. The zero-order valence-corrected chi connectivity index (χ0v) is 9.27. The monoisotopic (exact) mass is 219 g/mol. The van der Waals surface area contributed by atoms with Gasteiger partial charge in [0.2, 0.25) is 12.8 Å². The molecule has 4 heteroatoms. The van der Waals surface area contributed by atoms with Gasteiger partial charge in [0.15, 0.2) is 5.78 Å². The number of Topliss-reactive ketones (excluding diaryl/α,β-unsaturated/α-hetero) is 1. The fraction of sp³-hybridized carbons (Fsp3) is 0.250. The normalized spacial score (nSPS) is 9.62. The Bertz CT molecular complexity index is 418. The second kappa shape index (κ2) is 5.21. The van der Waals surface area contributed by atoms with Crippen LogP contribution >= 0.6 is 0 Å². The number of nitrogens with zero attached hydrogens (tertiary/aromatic N) is 1. The summed E-state index contributed by atoms with van der Waals surface area (Å²) in [5.41, 5.74) is 2.46. The molecule has 0 aliphatic rings. The quantitative estimate of drug-likeness (QED) is 0.550. The van der Waals surface area contributed by atoms with E-state index >= 15 is 0 Å². The van der Waals surface area contributed by atoms with Crippen molar-refractivity contribution < 1.29 is 14.4 Å². The molecule has 0 aliphatic carbocycles. The molecule has 0 aliphatic heterocycles. The molecule has 1 rings (SSSR count). The van der Waals surface area contributed by atoms with Gasteiger partial charge in [0, 0.05) is 5.56 Å². The van der Waals surface area contributed by atoms with Crippen LogP contribution in [0.1, 0.15) is 21.5 Å². The van der Waals surface area contributed by atoms with E-state index in [0.717, 1.165) is 16.0 Å². The minimum absolute atomic E-state index is 0.211. The number of benzene rings is 1. The number of imide groups is 1. The van der Waals surface area contributed by atoms with E-state index in [2.05, 4.69) is 0 Å². The zero-order valence-electron chi connectivity index (χ0n) is 9.27. The van der Waals surface area contributed by atoms with E-state index in [1.54, 1.807) is 6.07 Å². The maximum absolute atomic E-state index is 11.7. The lowest BCUT2D eigenvalue weighted by molar-refractivity contribution is -0.128. The maximum Gasteiger partial charge on any atom is 0.216 e. The summed E-state index contributed by atoms with van der Waals surface area (Å²) < 4.78 is 0. The maximum atomic E-state index is 11.7. The average molecular weight is 219 g/mol. The number of hydrogen-bond donors (Lipinski definition) is 0. The summed E-state index contributed by atoms with van der Waals surface area (Å²) in [6, 6.07) is 5.42. The first-order valence-electron chi connectivity index (χ1n) is 4.85. The molecule has 0 atom stereocenters. The second-order valence-corrected chi connectivity index (χ2v) is 3.62. The molecule has 0 saturated carbocycles. The Morgan fingerprint density at radius 2 is 1.88 bits per heavy atom. The molecule has 0 aromatic heterocycles. The smallest absolute Gasteiger partial charge is 0.216 e. The highest BCUT2D eigenvalue weighted by atomic mass is 16.2. The first-order valence-corrected chi connectivity index (χ1v) is 4.85. The van der Waals surface area contributed by atoms with Crippen molar-refractivity contribution in [2.75, 3.05) is 6.54 Å². The molecule has 0 spiro atoms. The highest BCUT2D eigenvalue weighted by molar-refractivity contribution is 6.00. The third-order valence-corrected chi connectivity index (χ3v) is 2.28. The van der Waals surface area contributed by atoms with E-state index in [4.69, 9.17) is 0 Å². The minimum Gasteiger partial charge on any atom is -0.292 e. The van der Waals surface area contributed by atoms with Crippen LogP contribution in [0.2, 0.25) is 0 Å². The van der Waals surface area contributed by atoms with Crippen LogP contribution in [-0.2, 0) is 9.59 Å². The van der Waals surface area contributed by atoms with E-state index < -0.39 is 0 Å². The third kappa shape index (κ3) is 2.76. The van der Waals surface area contributed by atoms with Gasteiger partial charge in [-0.3, -0.25) is 19.3 Å². The van der Waals surface area contributed by atoms with E-state index in [9.17, 15) is 14.4 Å². The first-order chi connectivity index (χ1) is 7.58. The van der Waals surface area contributed by atoms with Crippen LogP contribution in [0.3, 0.4) is 0 Å². The molecule has 16 heavy (non-hydrogen) atoms. The van der Waals surface area contributed by atoms with Crippen LogP contribution in [0, 0.1) is 13.8 Å². The topological polar surface area (TPSA) is 54.5 Å². The summed E-state index contributed by atoms with van der Waals surface area (Å²) in [5, 5.41) is 0. The van der Waals surface area contributed by atoms with Crippen molar-refractivity contribution in [3.8, 4) is 0 Å². The highest BCUT2D eigenvalue weighted by Crippen LogP contribution is 2.11. The number of hydrogen-bond acceptors (Lipinski definition) is 3. The fourth-order valence-corrected chi connectivity index (χ4v) is 1.48. The molecule has 0 N–H and O–H groups in total. The molecule has 0 radical (unpaired) electrons. The Kier molecular flexibility index (Phi) is 3.94. The molecular weight excluding hydrogens is 206 g/mol. The van der Waals surface area contributed by atoms with Crippen molar-refractivity contribution in [2.24, 2.45) is 0 Å². The van der Waals surface area contributed by atoms with Crippen molar-refractivity contribution in [1.82, 2.24) is 4.90 Å². The summed E-state index contributed by atoms with van der Waals surface area (Å²) in [5.74, 6) is -0.239. The van der Waals surface area contributed by atoms with E-state index in [1.165, 1.54) is 0 Å². The van der Waals surface area contributed by atoms with Gasteiger partial charge in [0.05, 0.1) is 6.54 Å². The number of carbonyl (C=O) groups excluding carboxylic acids is 3. The molecule has 4 nitrogen and oxygen atoms in total. The minimum atomic E-state index is -0.239. The largest absolute Gasteiger partial charge is 0.292 e. The van der Waals surface area contributed by atoms with Gasteiger partial charge in [-0.1, -0.05) is 23.8 Å². The summed E-state index contributed by atoms with van der Waals surface area (Å²) in [6.07, 6.45) is 0.683. The number of carbonyl (C=O) groups is 3. The molecule has 1 aromatic rings. The van der Waals surface area contributed by atoms with Gasteiger partial charge in [-0.15, -0.1) is 0 Å². The van der Waals surface area contributed by atoms with Crippen LogP contribution in [0.5, 0.6) is 0 Å². The Labute approximate surface area is 93.9 Å². The predicted molar refractivity (Wildman–Crippen MR) is 59.1 cm³/mol. The lowest BCUT2D eigenvalue weighted by Crippen LogP contribution is -2.27. The molecule has 2 amide bonds. The zero-order chi connectivity index (χ0) is 12.1. The standard InChI is InChI=1S/C12H13NO3/c1-9-3-4-11(10(2)5-9)12(16)6-13(7-14)8-15/h3-5,7-8H,6H2,1-2H3. The molecule has 0 bridgehead atoms. The highest BCUT2D eigenvalue weighted by Gasteiger charge is 2.12. The Hall–Kier alpha value is -1.97. The van der Waals surface area contributed by atoms with E-state index in [1.807, 2.05) is 26.0 Å². The Balaban J connectivity index is 2.88. The fourth-order valence-electron chi connectivity index (χ4n) is 1.48. The summed E-state index contributed by atoms with van der Waals surface area (Å²) >= 11 is 0. The van der Waals surface area contributed by atoms with Gasteiger partial charge in [-0.05, 0) is 19.4 Å². The molecular formula is C12H13NO3. The number of ketones is 1. The van der Waals surface area contributed by atoms with E-state index in [0.29, 0.717) is 18.4 Å². The van der Waals surface area contributed by atoms with Gasteiger partial charge >= 0.3 is 0 Å². The van der Waals surface area contributed by atoms with Crippen molar-refractivity contribution in [2.45, 2.75) is 13.8 Å². The van der Waals surface area contributed by atoms with Gasteiger partial charge < -0.3 is 0 Å². The van der Waals surface area contributed by atoms with E-state index in [-0.39, 0.29) is 12.3 Å². The van der Waals surface area contributed by atoms with Crippen LogP contribution < -0.4 is 0 Å². The van der Waals surface area contributed by atoms with Gasteiger partial charge in [-0.25, -0.2) is 0 Å². The van der Waals surface area contributed by atoms with Crippen molar-refractivity contribution in [3.63, 3.8) is 0 Å². The van der Waals surface area contributed by atoms with Crippen LogP contribution in [0.15, 0.2) is 18.2 Å². The molecule has 84 valence electrons. The molecule has 0 unspecified atom stereocenters. The number of rotatable bonds is 5. The third-order valence-electron chi connectivity index (χ3n) is 2.28. The second-order valence-electron chi connectivity index (χ2n) is 3.62. The lowest BCUT2D eigenvalue weighted by Gasteiger charge is -2.09.